The molecule has 0 saturated carbocycles. The third-order valence-corrected chi connectivity index (χ3v) is 4.54. The second-order valence-corrected chi connectivity index (χ2v) is 6.66. The maximum absolute atomic E-state index is 12.3. The van der Waals surface area contributed by atoms with Crippen LogP contribution in [-0.2, 0) is 0 Å². The third kappa shape index (κ3) is 4.62. The summed E-state index contributed by atoms with van der Waals surface area (Å²) in [6.07, 6.45) is 0. The molecule has 138 valence electrons. The maximum atomic E-state index is 12.3. The van der Waals surface area contributed by atoms with E-state index in [1.54, 1.807) is 42.2 Å². The topological polar surface area (TPSA) is 78.7 Å². The van der Waals surface area contributed by atoms with Gasteiger partial charge in [0.05, 0.1) is 0 Å². The van der Waals surface area contributed by atoms with Gasteiger partial charge in [-0.2, -0.15) is 0 Å². The summed E-state index contributed by atoms with van der Waals surface area (Å²) in [5.41, 5.74) is 0.903. The van der Waals surface area contributed by atoms with E-state index < -0.39 is 0 Å². The smallest absolute Gasteiger partial charge is 0.276 e. The van der Waals surface area contributed by atoms with E-state index in [4.69, 9.17) is 16.1 Å². The molecule has 0 unspecified atom stereocenters. The minimum atomic E-state index is -0.136. The average Bonchev–Trinajstić information content (AvgIpc) is 3.08. The number of rotatable bonds is 5. The Morgan fingerprint density at radius 3 is 2.65 bits per heavy atom. The van der Waals surface area contributed by atoms with Crippen molar-refractivity contribution in [3.63, 3.8) is 0 Å². The molecule has 2 heterocycles. The molecule has 0 radical (unpaired) electrons. The van der Waals surface area contributed by atoms with Crippen molar-refractivity contribution >= 4 is 23.4 Å². The number of nitrogens with one attached hydrogen (secondary N) is 1. The second kappa shape index (κ2) is 8.33. The molecule has 1 saturated heterocycles. The summed E-state index contributed by atoms with van der Waals surface area (Å²) < 4.78 is 4.96. The van der Waals surface area contributed by atoms with Crippen molar-refractivity contribution in [2.24, 2.45) is 0 Å². The van der Waals surface area contributed by atoms with Gasteiger partial charge >= 0.3 is 0 Å². The SMILES string of the molecule is Cc1cc(C(=O)N2CCN(CCNC(=O)c3cccc(Cl)c3)CC2)no1. The van der Waals surface area contributed by atoms with Gasteiger partial charge in [-0.15, -0.1) is 0 Å². The average molecular weight is 377 g/mol. The van der Waals surface area contributed by atoms with Gasteiger partial charge in [-0.3, -0.25) is 14.5 Å². The molecule has 1 aromatic carbocycles. The van der Waals surface area contributed by atoms with Crippen LogP contribution >= 0.6 is 11.6 Å². The number of piperazine rings is 1. The van der Waals surface area contributed by atoms with E-state index in [1.165, 1.54) is 0 Å². The van der Waals surface area contributed by atoms with E-state index in [0.717, 1.165) is 19.6 Å². The molecule has 8 heteroatoms. The highest BCUT2D eigenvalue weighted by Crippen LogP contribution is 2.11. The number of nitrogens with zero attached hydrogens (tertiary/aromatic N) is 3. The largest absolute Gasteiger partial charge is 0.361 e. The van der Waals surface area contributed by atoms with Crippen LogP contribution in [0.3, 0.4) is 0 Å². The standard InChI is InChI=1S/C18H21ClN4O3/c1-13-11-16(21-26-13)18(25)23-9-7-22(8-10-23)6-5-20-17(24)14-3-2-4-15(19)12-14/h2-4,11-12H,5-10H2,1H3,(H,20,24). The molecular weight excluding hydrogens is 356 g/mol. The van der Waals surface area contributed by atoms with Gasteiger partial charge in [-0.1, -0.05) is 22.8 Å². The summed E-state index contributed by atoms with van der Waals surface area (Å²) in [5.74, 6) is 0.390. The molecule has 1 fully saturated rings. The van der Waals surface area contributed by atoms with Crippen LogP contribution in [0, 0.1) is 6.92 Å². The molecule has 1 aliphatic heterocycles. The third-order valence-electron chi connectivity index (χ3n) is 4.31. The van der Waals surface area contributed by atoms with Gasteiger partial charge in [0.1, 0.15) is 5.76 Å². The Hall–Kier alpha value is -2.38. The zero-order chi connectivity index (χ0) is 18.5. The molecule has 0 spiro atoms. The Morgan fingerprint density at radius 2 is 2.00 bits per heavy atom. The molecule has 1 aliphatic rings. The number of hydrogen-bond donors (Lipinski definition) is 1. The molecule has 1 aromatic heterocycles. The Bertz CT molecular complexity index is 784. The highest BCUT2D eigenvalue weighted by atomic mass is 35.5. The highest BCUT2D eigenvalue weighted by molar-refractivity contribution is 6.30. The fourth-order valence-electron chi connectivity index (χ4n) is 2.86. The number of carbonyl (C=O) groups is 2. The summed E-state index contributed by atoms with van der Waals surface area (Å²) in [4.78, 5) is 28.4. The van der Waals surface area contributed by atoms with E-state index in [-0.39, 0.29) is 11.8 Å². The van der Waals surface area contributed by atoms with Gasteiger partial charge in [-0.25, -0.2) is 0 Å². The van der Waals surface area contributed by atoms with Crippen LogP contribution in [0.2, 0.25) is 5.02 Å². The minimum Gasteiger partial charge on any atom is -0.361 e. The van der Waals surface area contributed by atoms with Crippen molar-refractivity contribution in [1.29, 1.82) is 0 Å². The second-order valence-electron chi connectivity index (χ2n) is 6.22. The van der Waals surface area contributed by atoms with Crippen LogP contribution in [0.4, 0.5) is 0 Å². The van der Waals surface area contributed by atoms with Gasteiger partial charge in [0.2, 0.25) is 0 Å². The predicted molar refractivity (Wildman–Crippen MR) is 97.4 cm³/mol. The lowest BCUT2D eigenvalue weighted by atomic mass is 10.2. The van der Waals surface area contributed by atoms with Crippen molar-refractivity contribution in [3.05, 3.63) is 52.4 Å². The molecular formula is C18H21ClN4O3. The molecule has 2 amide bonds. The number of aryl methyl sites for hydroxylation is 1. The van der Waals surface area contributed by atoms with Crippen molar-refractivity contribution in [1.82, 2.24) is 20.3 Å². The van der Waals surface area contributed by atoms with Crippen LogP contribution in [0.25, 0.3) is 0 Å². The van der Waals surface area contributed by atoms with Gasteiger partial charge in [0, 0.05) is 55.9 Å². The quantitative estimate of drug-likeness (QED) is 0.861. The van der Waals surface area contributed by atoms with E-state index in [0.29, 0.717) is 41.7 Å². The lowest BCUT2D eigenvalue weighted by molar-refractivity contribution is 0.0628. The molecule has 7 nitrogen and oxygen atoms in total. The van der Waals surface area contributed by atoms with Crippen LogP contribution in [-0.4, -0.2) is 66.0 Å². The number of halogens is 1. The molecule has 0 aliphatic carbocycles. The summed E-state index contributed by atoms with van der Waals surface area (Å²) in [5, 5.41) is 7.21. The summed E-state index contributed by atoms with van der Waals surface area (Å²) in [6.45, 7) is 5.82. The van der Waals surface area contributed by atoms with Crippen LogP contribution in [0.15, 0.2) is 34.9 Å². The Balaban J connectivity index is 1.40. The van der Waals surface area contributed by atoms with E-state index in [2.05, 4.69) is 15.4 Å². The molecule has 1 N–H and O–H groups in total. The molecule has 0 bridgehead atoms. The number of amides is 2. The van der Waals surface area contributed by atoms with Crippen molar-refractivity contribution in [2.45, 2.75) is 6.92 Å². The predicted octanol–water partition coefficient (Wildman–Crippen LogP) is 1.82. The summed E-state index contributed by atoms with van der Waals surface area (Å²) in [6, 6.07) is 8.52. The van der Waals surface area contributed by atoms with Crippen molar-refractivity contribution in [2.75, 3.05) is 39.3 Å². The first-order valence-electron chi connectivity index (χ1n) is 8.51. The fraction of sp³-hybridized carbons (Fsp3) is 0.389. The van der Waals surface area contributed by atoms with Gasteiger partial charge in [0.15, 0.2) is 5.69 Å². The van der Waals surface area contributed by atoms with Crippen LogP contribution < -0.4 is 5.32 Å². The van der Waals surface area contributed by atoms with Gasteiger partial charge in [-0.05, 0) is 25.1 Å². The first kappa shape index (κ1) is 18.4. The Morgan fingerprint density at radius 1 is 1.23 bits per heavy atom. The zero-order valence-corrected chi connectivity index (χ0v) is 15.3. The number of benzene rings is 1. The van der Waals surface area contributed by atoms with Crippen LogP contribution in [0.5, 0.6) is 0 Å². The highest BCUT2D eigenvalue weighted by Gasteiger charge is 2.24. The summed E-state index contributed by atoms with van der Waals surface area (Å²) >= 11 is 5.90. The molecule has 3 rings (SSSR count). The Kier molecular flexibility index (Phi) is 5.90. The van der Waals surface area contributed by atoms with Gasteiger partial charge in [0.25, 0.3) is 11.8 Å². The number of carbonyl (C=O) groups excluding carboxylic acids is 2. The first-order chi connectivity index (χ1) is 12.5. The summed E-state index contributed by atoms with van der Waals surface area (Å²) in [7, 11) is 0. The van der Waals surface area contributed by atoms with Crippen molar-refractivity contribution < 1.29 is 14.1 Å². The zero-order valence-electron chi connectivity index (χ0n) is 14.6. The monoisotopic (exact) mass is 376 g/mol. The van der Waals surface area contributed by atoms with E-state index >= 15 is 0 Å². The normalized spacial score (nSPS) is 15.1. The number of hydrogen-bond acceptors (Lipinski definition) is 5. The lowest BCUT2D eigenvalue weighted by Gasteiger charge is -2.34. The minimum absolute atomic E-state index is 0.101. The molecule has 0 atom stereocenters. The van der Waals surface area contributed by atoms with E-state index in [1.807, 2.05) is 0 Å². The number of aromatic nitrogens is 1. The first-order valence-corrected chi connectivity index (χ1v) is 8.89. The fourth-order valence-corrected chi connectivity index (χ4v) is 3.05. The maximum Gasteiger partial charge on any atom is 0.276 e. The lowest BCUT2D eigenvalue weighted by Crippen LogP contribution is -2.50. The molecule has 26 heavy (non-hydrogen) atoms. The molecule has 2 aromatic rings. The van der Waals surface area contributed by atoms with E-state index in [9.17, 15) is 9.59 Å². The van der Waals surface area contributed by atoms with Crippen molar-refractivity contribution in [3.8, 4) is 0 Å². The van der Waals surface area contributed by atoms with Gasteiger partial charge < -0.3 is 14.7 Å². The van der Waals surface area contributed by atoms with Crippen LogP contribution in [0.1, 0.15) is 26.6 Å². The Labute approximate surface area is 156 Å².